The summed E-state index contributed by atoms with van der Waals surface area (Å²) >= 11 is 0. The highest BCUT2D eigenvalue weighted by Crippen LogP contribution is 2.11. The number of ether oxygens (including phenoxy) is 1. The second-order valence-electron chi connectivity index (χ2n) is 1.93. The van der Waals surface area contributed by atoms with E-state index in [0.29, 0.717) is 5.70 Å². The standard InChI is InChI=1S/C4H10N4O/c5-1-2(6)4(8)9-3(1)7/h1,3H,5-8H2. The third-order valence-electron chi connectivity index (χ3n) is 1.26. The monoisotopic (exact) mass is 130 g/mol. The topological polar surface area (TPSA) is 113 Å². The van der Waals surface area contributed by atoms with Crippen molar-refractivity contribution in [3.8, 4) is 0 Å². The van der Waals surface area contributed by atoms with Gasteiger partial charge in [-0.25, -0.2) is 0 Å². The van der Waals surface area contributed by atoms with Gasteiger partial charge in [-0.15, -0.1) is 0 Å². The van der Waals surface area contributed by atoms with Crippen LogP contribution in [0.4, 0.5) is 0 Å². The van der Waals surface area contributed by atoms with Gasteiger partial charge in [0, 0.05) is 0 Å². The zero-order chi connectivity index (χ0) is 7.02. The van der Waals surface area contributed by atoms with E-state index >= 15 is 0 Å². The number of hydrogen-bond donors (Lipinski definition) is 4. The van der Waals surface area contributed by atoms with E-state index < -0.39 is 12.3 Å². The van der Waals surface area contributed by atoms with Crippen LogP contribution in [-0.4, -0.2) is 12.3 Å². The molecule has 0 aliphatic carbocycles. The highest BCUT2D eigenvalue weighted by Gasteiger charge is 2.27. The fraction of sp³-hybridized carbons (Fsp3) is 0.500. The van der Waals surface area contributed by atoms with Crippen molar-refractivity contribution in [2.75, 3.05) is 0 Å². The van der Waals surface area contributed by atoms with Crippen LogP contribution in [0.25, 0.3) is 0 Å². The van der Waals surface area contributed by atoms with E-state index in [1.54, 1.807) is 0 Å². The summed E-state index contributed by atoms with van der Waals surface area (Å²) in [5, 5.41) is 0. The minimum Gasteiger partial charge on any atom is -0.457 e. The second-order valence-corrected chi connectivity index (χ2v) is 1.93. The molecular formula is C4H10N4O. The molecule has 0 aromatic rings. The lowest BCUT2D eigenvalue weighted by molar-refractivity contribution is 0.137. The van der Waals surface area contributed by atoms with Crippen LogP contribution < -0.4 is 22.9 Å². The molecule has 5 nitrogen and oxygen atoms in total. The lowest BCUT2D eigenvalue weighted by atomic mass is 10.2. The first kappa shape index (κ1) is 6.18. The maximum Gasteiger partial charge on any atom is 0.207 e. The van der Waals surface area contributed by atoms with Gasteiger partial charge in [-0.1, -0.05) is 0 Å². The van der Waals surface area contributed by atoms with E-state index in [2.05, 4.69) is 0 Å². The molecule has 8 N–H and O–H groups in total. The van der Waals surface area contributed by atoms with E-state index in [4.69, 9.17) is 27.7 Å². The highest BCUT2D eigenvalue weighted by atomic mass is 16.5. The molecule has 2 atom stereocenters. The number of hydrogen-bond acceptors (Lipinski definition) is 5. The van der Waals surface area contributed by atoms with Crippen molar-refractivity contribution in [3.63, 3.8) is 0 Å². The Morgan fingerprint density at radius 1 is 1.22 bits per heavy atom. The van der Waals surface area contributed by atoms with Crippen molar-refractivity contribution in [3.05, 3.63) is 11.6 Å². The van der Waals surface area contributed by atoms with E-state index in [1.807, 2.05) is 0 Å². The molecular weight excluding hydrogens is 120 g/mol. The summed E-state index contributed by atoms with van der Waals surface area (Å²) in [6.07, 6.45) is -0.579. The summed E-state index contributed by atoms with van der Waals surface area (Å²) in [6, 6.07) is -0.454. The molecule has 1 heterocycles. The normalized spacial score (nSPS) is 34.9. The first-order chi connectivity index (χ1) is 4.13. The summed E-state index contributed by atoms with van der Waals surface area (Å²) in [6.45, 7) is 0. The summed E-state index contributed by atoms with van der Waals surface area (Å²) in [5.41, 5.74) is 21.6. The number of rotatable bonds is 0. The van der Waals surface area contributed by atoms with Crippen molar-refractivity contribution in [1.29, 1.82) is 0 Å². The van der Waals surface area contributed by atoms with E-state index in [9.17, 15) is 0 Å². The average molecular weight is 130 g/mol. The van der Waals surface area contributed by atoms with Crippen LogP contribution in [0.2, 0.25) is 0 Å². The van der Waals surface area contributed by atoms with Crippen LogP contribution in [0.15, 0.2) is 11.6 Å². The van der Waals surface area contributed by atoms with Crippen LogP contribution in [0.5, 0.6) is 0 Å². The van der Waals surface area contributed by atoms with Crippen LogP contribution in [0, 0.1) is 0 Å². The largest absolute Gasteiger partial charge is 0.457 e. The lowest BCUT2D eigenvalue weighted by Crippen LogP contribution is -2.41. The van der Waals surface area contributed by atoms with Gasteiger partial charge < -0.3 is 21.9 Å². The third-order valence-corrected chi connectivity index (χ3v) is 1.26. The Balaban J connectivity index is 2.74. The van der Waals surface area contributed by atoms with Gasteiger partial charge in [-0.3, -0.25) is 5.73 Å². The molecule has 0 aromatic heterocycles. The summed E-state index contributed by atoms with van der Waals surface area (Å²) in [7, 11) is 0. The summed E-state index contributed by atoms with van der Waals surface area (Å²) in [4.78, 5) is 0. The van der Waals surface area contributed by atoms with Gasteiger partial charge in [0.25, 0.3) is 0 Å². The zero-order valence-electron chi connectivity index (χ0n) is 4.87. The van der Waals surface area contributed by atoms with Crippen LogP contribution in [0.3, 0.4) is 0 Å². The predicted octanol–water partition coefficient (Wildman–Crippen LogP) is -2.28. The zero-order valence-corrected chi connectivity index (χ0v) is 4.87. The molecule has 1 aliphatic rings. The molecule has 9 heavy (non-hydrogen) atoms. The molecule has 2 unspecified atom stereocenters. The fourth-order valence-electron chi connectivity index (χ4n) is 0.629. The minimum absolute atomic E-state index is 0.148. The van der Waals surface area contributed by atoms with Crippen LogP contribution in [-0.2, 0) is 4.74 Å². The molecule has 52 valence electrons. The van der Waals surface area contributed by atoms with Crippen LogP contribution >= 0.6 is 0 Å². The summed E-state index contributed by atoms with van der Waals surface area (Å²) < 4.78 is 4.77. The highest BCUT2D eigenvalue weighted by molar-refractivity contribution is 5.15. The average Bonchev–Trinajstić information content (AvgIpc) is 1.98. The van der Waals surface area contributed by atoms with Gasteiger partial charge in [0.15, 0.2) is 6.23 Å². The Labute approximate surface area is 52.6 Å². The molecule has 0 radical (unpaired) electrons. The smallest absolute Gasteiger partial charge is 0.207 e. The molecule has 1 rings (SSSR count). The Hall–Kier alpha value is -0.940. The fourth-order valence-corrected chi connectivity index (χ4v) is 0.629. The van der Waals surface area contributed by atoms with Gasteiger partial charge in [-0.05, 0) is 0 Å². The van der Waals surface area contributed by atoms with Gasteiger partial charge >= 0.3 is 0 Å². The maximum absolute atomic E-state index is 5.40. The SMILES string of the molecule is NC1=C(N)C(N)C(N)O1. The van der Waals surface area contributed by atoms with Crippen molar-refractivity contribution in [2.45, 2.75) is 12.3 Å². The summed E-state index contributed by atoms with van der Waals surface area (Å²) in [5.74, 6) is 0.148. The van der Waals surface area contributed by atoms with E-state index in [1.165, 1.54) is 0 Å². The molecule has 0 saturated heterocycles. The van der Waals surface area contributed by atoms with E-state index in [-0.39, 0.29) is 5.88 Å². The Bertz CT molecular complexity index is 155. The predicted molar refractivity (Wildman–Crippen MR) is 32.4 cm³/mol. The first-order valence-electron chi connectivity index (χ1n) is 2.56. The van der Waals surface area contributed by atoms with Crippen molar-refractivity contribution in [2.24, 2.45) is 22.9 Å². The molecule has 0 amide bonds. The van der Waals surface area contributed by atoms with Crippen molar-refractivity contribution in [1.82, 2.24) is 0 Å². The molecule has 0 saturated carbocycles. The molecule has 0 fully saturated rings. The van der Waals surface area contributed by atoms with Gasteiger partial charge in [0.1, 0.15) is 6.04 Å². The first-order valence-corrected chi connectivity index (χ1v) is 2.56. The van der Waals surface area contributed by atoms with E-state index in [0.717, 1.165) is 0 Å². The van der Waals surface area contributed by atoms with Crippen molar-refractivity contribution >= 4 is 0 Å². The maximum atomic E-state index is 5.40. The Kier molecular flexibility index (Phi) is 1.22. The molecule has 5 heteroatoms. The molecule has 1 aliphatic heterocycles. The lowest BCUT2D eigenvalue weighted by Gasteiger charge is -2.08. The third kappa shape index (κ3) is 0.797. The Morgan fingerprint density at radius 2 is 1.78 bits per heavy atom. The molecule has 0 bridgehead atoms. The van der Waals surface area contributed by atoms with Gasteiger partial charge in [-0.2, -0.15) is 0 Å². The Morgan fingerprint density at radius 3 is 1.89 bits per heavy atom. The number of nitrogens with two attached hydrogens (primary N) is 4. The minimum atomic E-state index is -0.579. The second kappa shape index (κ2) is 1.78. The quantitative estimate of drug-likeness (QED) is 0.295. The molecule has 0 spiro atoms. The van der Waals surface area contributed by atoms with Crippen molar-refractivity contribution < 1.29 is 4.74 Å². The van der Waals surface area contributed by atoms with Gasteiger partial charge in [0.2, 0.25) is 5.88 Å². The molecule has 0 aromatic carbocycles. The van der Waals surface area contributed by atoms with Crippen LogP contribution in [0.1, 0.15) is 0 Å². The van der Waals surface area contributed by atoms with Gasteiger partial charge in [0.05, 0.1) is 5.70 Å².